The van der Waals surface area contributed by atoms with Gasteiger partial charge in [-0.2, -0.15) is 0 Å². The molecule has 0 radical (unpaired) electrons. The fourth-order valence-corrected chi connectivity index (χ4v) is 3.59. The van der Waals surface area contributed by atoms with E-state index < -0.39 is 0 Å². The highest BCUT2D eigenvalue weighted by molar-refractivity contribution is 14.0. The predicted octanol–water partition coefficient (Wildman–Crippen LogP) is 3.25. The largest absolute Gasteiger partial charge is 0.379 e. The Kier molecular flexibility index (Phi) is 11.9. The van der Waals surface area contributed by atoms with Crippen molar-refractivity contribution in [2.75, 3.05) is 39.9 Å². The van der Waals surface area contributed by atoms with Crippen molar-refractivity contribution in [3.8, 4) is 0 Å². The number of nitrogens with one attached hydrogen (secondary N) is 2. The lowest BCUT2D eigenvalue weighted by atomic mass is 9.92. The first kappa shape index (κ1) is 24.1. The van der Waals surface area contributed by atoms with Crippen LogP contribution in [0.5, 0.6) is 0 Å². The zero-order valence-corrected chi connectivity index (χ0v) is 19.0. The standard InChI is InChI=1S/C20H33FN4O.HI/c1-4-17(5-2)19(25-9-11-26-12-10-25)15-24-20(22-3)23-14-16-7-6-8-18(21)13-16;/h6-8,13,17,19H,4-5,9-12,14-15H2,1-3H3,(H2,22,23,24);1H. The van der Waals surface area contributed by atoms with Gasteiger partial charge in [0, 0.05) is 39.3 Å². The van der Waals surface area contributed by atoms with E-state index >= 15 is 0 Å². The Morgan fingerprint density at radius 2 is 1.93 bits per heavy atom. The topological polar surface area (TPSA) is 48.9 Å². The van der Waals surface area contributed by atoms with Crippen LogP contribution in [0.3, 0.4) is 0 Å². The van der Waals surface area contributed by atoms with Gasteiger partial charge in [-0.05, 0) is 23.6 Å². The third-order valence-electron chi connectivity index (χ3n) is 5.16. The van der Waals surface area contributed by atoms with Crippen molar-refractivity contribution < 1.29 is 9.13 Å². The van der Waals surface area contributed by atoms with Crippen molar-refractivity contribution in [1.82, 2.24) is 15.5 Å². The number of hydrogen-bond acceptors (Lipinski definition) is 3. The van der Waals surface area contributed by atoms with E-state index in [2.05, 4.69) is 34.4 Å². The van der Waals surface area contributed by atoms with Crippen LogP contribution in [0, 0.1) is 11.7 Å². The number of benzene rings is 1. The highest BCUT2D eigenvalue weighted by atomic mass is 127. The molecular formula is C20H34FIN4O. The number of morpholine rings is 1. The van der Waals surface area contributed by atoms with Crippen molar-refractivity contribution >= 4 is 29.9 Å². The van der Waals surface area contributed by atoms with Crippen LogP contribution < -0.4 is 10.6 Å². The summed E-state index contributed by atoms with van der Waals surface area (Å²) in [4.78, 5) is 6.85. The summed E-state index contributed by atoms with van der Waals surface area (Å²) in [5, 5.41) is 6.74. The molecule has 1 aliphatic heterocycles. The molecule has 1 fully saturated rings. The van der Waals surface area contributed by atoms with Gasteiger partial charge in [-0.1, -0.05) is 38.8 Å². The van der Waals surface area contributed by atoms with Crippen molar-refractivity contribution in [3.63, 3.8) is 0 Å². The minimum absolute atomic E-state index is 0. The van der Waals surface area contributed by atoms with Gasteiger partial charge in [-0.25, -0.2) is 4.39 Å². The fraction of sp³-hybridized carbons (Fsp3) is 0.650. The summed E-state index contributed by atoms with van der Waals surface area (Å²) in [6.07, 6.45) is 2.32. The van der Waals surface area contributed by atoms with Crippen LogP contribution in [-0.4, -0.2) is 56.8 Å². The van der Waals surface area contributed by atoms with Crippen LogP contribution in [0.25, 0.3) is 0 Å². The summed E-state index contributed by atoms with van der Waals surface area (Å²) in [5.74, 6) is 1.17. The fourth-order valence-electron chi connectivity index (χ4n) is 3.59. The molecule has 1 heterocycles. The number of hydrogen-bond donors (Lipinski definition) is 2. The van der Waals surface area contributed by atoms with Crippen LogP contribution in [0.2, 0.25) is 0 Å². The lowest BCUT2D eigenvalue weighted by Crippen LogP contribution is -2.53. The Morgan fingerprint density at radius 1 is 1.22 bits per heavy atom. The molecule has 1 saturated heterocycles. The Balaban J connectivity index is 0.00000364. The Morgan fingerprint density at radius 3 is 2.52 bits per heavy atom. The molecule has 1 atom stereocenters. The molecular weight excluding hydrogens is 458 g/mol. The molecule has 7 heteroatoms. The minimum atomic E-state index is -0.214. The lowest BCUT2D eigenvalue weighted by molar-refractivity contribution is 0.00272. The molecule has 0 bridgehead atoms. The molecule has 0 amide bonds. The SMILES string of the molecule is CCC(CC)C(CNC(=NC)NCc1cccc(F)c1)N1CCOCC1.I. The van der Waals surface area contributed by atoms with Gasteiger partial charge < -0.3 is 15.4 Å². The Bertz CT molecular complexity index is 563. The number of nitrogens with zero attached hydrogens (tertiary/aromatic N) is 2. The monoisotopic (exact) mass is 492 g/mol. The molecule has 0 aliphatic carbocycles. The van der Waals surface area contributed by atoms with Crippen LogP contribution in [0.4, 0.5) is 4.39 Å². The van der Waals surface area contributed by atoms with Gasteiger partial charge in [-0.15, -0.1) is 24.0 Å². The van der Waals surface area contributed by atoms with Crippen molar-refractivity contribution in [2.24, 2.45) is 10.9 Å². The number of ether oxygens (including phenoxy) is 1. The van der Waals surface area contributed by atoms with Gasteiger partial charge in [-0.3, -0.25) is 9.89 Å². The van der Waals surface area contributed by atoms with Crippen molar-refractivity contribution in [2.45, 2.75) is 39.3 Å². The van der Waals surface area contributed by atoms with E-state index in [1.165, 1.54) is 6.07 Å². The summed E-state index contributed by atoms with van der Waals surface area (Å²) in [6.45, 7) is 9.50. The second-order valence-corrected chi connectivity index (χ2v) is 6.73. The summed E-state index contributed by atoms with van der Waals surface area (Å²) in [7, 11) is 1.77. The molecule has 1 aliphatic rings. The molecule has 5 nitrogen and oxygen atoms in total. The highest BCUT2D eigenvalue weighted by Gasteiger charge is 2.26. The Labute approximate surface area is 180 Å². The van der Waals surface area contributed by atoms with Crippen molar-refractivity contribution in [1.29, 1.82) is 0 Å². The molecule has 0 spiro atoms. The van der Waals surface area contributed by atoms with Crippen LogP contribution in [0.1, 0.15) is 32.3 Å². The predicted molar refractivity (Wildman–Crippen MR) is 120 cm³/mol. The second kappa shape index (κ2) is 13.3. The molecule has 1 unspecified atom stereocenters. The molecule has 1 aromatic rings. The molecule has 2 N–H and O–H groups in total. The number of guanidine groups is 1. The summed E-state index contributed by atoms with van der Waals surface area (Å²) in [5.41, 5.74) is 0.901. The highest BCUT2D eigenvalue weighted by Crippen LogP contribution is 2.19. The summed E-state index contributed by atoms with van der Waals surface area (Å²) in [6, 6.07) is 7.09. The molecule has 1 aromatic carbocycles. The second-order valence-electron chi connectivity index (χ2n) is 6.73. The van der Waals surface area contributed by atoms with E-state index in [0.29, 0.717) is 18.5 Å². The first-order chi connectivity index (χ1) is 12.7. The maximum atomic E-state index is 13.3. The third-order valence-corrected chi connectivity index (χ3v) is 5.16. The molecule has 154 valence electrons. The number of halogens is 2. The number of rotatable bonds is 8. The van der Waals surface area contributed by atoms with Gasteiger partial charge >= 0.3 is 0 Å². The zero-order valence-electron chi connectivity index (χ0n) is 16.7. The maximum absolute atomic E-state index is 13.3. The van der Waals surface area contributed by atoms with E-state index in [1.54, 1.807) is 19.2 Å². The van der Waals surface area contributed by atoms with Crippen molar-refractivity contribution in [3.05, 3.63) is 35.6 Å². The van der Waals surface area contributed by atoms with E-state index in [0.717, 1.165) is 57.2 Å². The zero-order chi connectivity index (χ0) is 18.8. The third kappa shape index (κ3) is 7.91. The van der Waals surface area contributed by atoms with Gasteiger partial charge in [0.05, 0.1) is 13.2 Å². The molecule has 0 saturated carbocycles. The summed E-state index contributed by atoms with van der Waals surface area (Å²) < 4.78 is 18.8. The first-order valence-corrected chi connectivity index (χ1v) is 9.68. The smallest absolute Gasteiger partial charge is 0.191 e. The average molecular weight is 492 g/mol. The lowest BCUT2D eigenvalue weighted by Gasteiger charge is -2.39. The molecule has 2 rings (SSSR count). The Hall–Kier alpha value is -0.930. The average Bonchev–Trinajstić information content (AvgIpc) is 2.68. The first-order valence-electron chi connectivity index (χ1n) is 9.68. The quantitative estimate of drug-likeness (QED) is 0.333. The van der Waals surface area contributed by atoms with Gasteiger partial charge in [0.25, 0.3) is 0 Å². The number of aliphatic imine (C=N–C) groups is 1. The molecule has 0 aromatic heterocycles. The van der Waals surface area contributed by atoms with Crippen LogP contribution >= 0.6 is 24.0 Å². The van der Waals surface area contributed by atoms with E-state index in [-0.39, 0.29) is 29.8 Å². The van der Waals surface area contributed by atoms with Gasteiger partial charge in [0.2, 0.25) is 0 Å². The normalized spacial score (nSPS) is 16.7. The van der Waals surface area contributed by atoms with E-state index in [1.807, 2.05) is 6.07 Å². The van der Waals surface area contributed by atoms with Crippen LogP contribution in [-0.2, 0) is 11.3 Å². The van der Waals surface area contributed by atoms with E-state index in [4.69, 9.17) is 4.74 Å². The summed E-state index contributed by atoms with van der Waals surface area (Å²) >= 11 is 0. The van der Waals surface area contributed by atoms with E-state index in [9.17, 15) is 4.39 Å². The maximum Gasteiger partial charge on any atom is 0.191 e. The van der Waals surface area contributed by atoms with Gasteiger partial charge in [0.15, 0.2) is 5.96 Å². The minimum Gasteiger partial charge on any atom is -0.379 e. The van der Waals surface area contributed by atoms with Crippen LogP contribution in [0.15, 0.2) is 29.3 Å². The van der Waals surface area contributed by atoms with Gasteiger partial charge in [0.1, 0.15) is 5.82 Å². The molecule has 27 heavy (non-hydrogen) atoms.